The topological polar surface area (TPSA) is 89.3 Å². The SMILES string of the molecule is N#Cc1cc(N2CCN(CC[C@H]3CC[C@H](NS(=O)(=O)c4cccnc4)CC3)CC2)cc(C(F)(F)F)c1. The summed E-state index contributed by atoms with van der Waals surface area (Å²) in [6.07, 6.45) is 2.94. The lowest BCUT2D eigenvalue weighted by Crippen LogP contribution is -2.47. The zero-order valence-corrected chi connectivity index (χ0v) is 20.7. The summed E-state index contributed by atoms with van der Waals surface area (Å²) < 4.78 is 67.4. The van der Waals surface area contributed by atoms with Crippen molar-refractivity contribution < 1.29 is 21.6 Å². The van der Waals surface area contributed by atoms with Gasteiger partial charge in [-0.05, 0) is 74.9 Å². The molecule has 1 N–H and O–H groups in total. The molecule has 2 aromatic rings. The summed E-state index contributed by atoms with van der Waals surface area (Å²) >= 11 is 0. The molecule has 1 saturated carbocycles. The lowest BCUT2D eigenvalue weighted by atomic mass is 9.84. The van der Waals surface area contributed by atoms with E-state index < -0.39 is 21.8 Å². The van der Waals surface area contributed by atoms with E-state index in [-0.39, 0.29) is 16.5 Å². The molecule has 36 heavy (non-hydrogen) atoms. The predicted molar refractivity (Wildman–Crippen MR) is 130 cm³/mol. The Morgan fingerprint density at radius 2 is 1.81 bits per heavy atom. The van der Waals surface area contributed by atoms with E-state index in [0.717, 1.165) is 63.9 Å². The number of nitrogens with one attached hydrogen (secondary N) is 1. The molecular weight excluding hydrogens is 491 g/mol. The zero-order valence-electron chi connectivity index (χ0n) is 19.9. The second kappa shape index (κ2) is 11.2. The van der Waals surface area contributed by atoms with E-state index in [4.69, 9.17) is 5.26 Å². The van der Waals surface area contributed by atoms with Gasteiger partial charge in [0, 0.05) is 50.3 Å². The highest BCUT2D eigenvalue weighted by Crippen LogP contribution is 2.33. The number of rotatable bonds is 7. The van der Waals surface area contributed by atoms with Crippen LogP contribution in [-0.4, -0.2) is 57.1 Å². The van der Waals surface area contributed by atoms with Crippen LogP contribution in [0.3, 0.4) is 0 Å². The molecule has 2 heterocycles. The molecule has 0 amide bonds. The third kappa shape index (κ3) is 6.75. The van der Waals surface area contributed by atoms with E-state index in [1.54, 1.807) is 12.3 Å². The third-order valence-corrected chi connectivity index (χ3v) is 8.58. The molecule has 0 unspecified atom stereocenters. The van der Waals surface area contributed by atoms with Gasteiger partial charge < -0.3 is 4.90 Å². The molecule has 1 aromatic heterocycles. The van der Waals surface area contributed by atoms with Crippen LogP contribution in [0.4, 0.5) is 18.9 Å². The maximum Gasteiger partial charge on any atom is 0.416 e. The van der Waals surface area contributed by atoms with Gasteiger partial charge in [0.05, 0.1) is 17.2 Å². The number of hydrogen-bond acceptors (Lipinski definition) is 6. The number of nitrogens with zero attached hydrogens (tertiary/aromatic N) is 4. The van der Waals surface area contributed by atoms with Crippen molar-refractivity contribution in [3.63, 3.8) is 0 Å². The van der Waals surface area contributed by atoms with E-state index >= 15 is 0 Å². The van der Waals surface area contributed by atoms with Crippen molar-refractivity contribution in [3.8, 4) is 6.07 Å². The smallest absolute Gasteiger partial charge is 0.369 e. The summed E-state index contributed by atoms with van der Waals surface area (Å²) in [6, 6.07) is 8.43. The fraction of sp³-hybridized carbons (Fsp3) is 0.520. The Hall–Kier alpha value is -2.68. The molecule has 194 valence electrons. The number of anilines is 1. The van der Waals surface area contributed by atoms with Crippen molar-refractivity contribution in [1.29, 1.82) is 5.26 Å². The largest absolute Gasteiger partial charge is 0.416 e. The van der Waals surface area contributed by atoms with Gasteiger partial charge >= 0.3 is 6.18 Å². The highest BCUT2D eigenvalue weighted by atomic mass is 32.2. The average molecular weight is 522 g/mol. The third-order valence-electron chi connectivity index (χ3n) is 7.08. The minimum Gasteiger partial charge on any atom is -0.369 e. The van der Waals surface area contributed by atoms with Crippen LogP contribution >= 0.6 is 0 Å². The van der Waals surface area contributed by atoms with Crippen molar-refractivity contribution in [2.24, 2.45) is 5.92 Å². The van der Waals surface area contributed by atoms with Gasteiger partial charge in [-0.25, -0.2) is 13.1 Å². The Labute approximate surface area is 210 Å². The Morgan fingerprint density at radius 1 is 1.08 bits per heavy atom. The first kappa shape index (κ1) is 26.4. The van der Waals surface area contributed by atoms with Crippen LogP contribution in [-0.2, 0) is 16.2 Å². The molecule has 7 nitrogen and oxygen atoms in total. The molecular formula is C25H30F3N5O2S. The van der Waals surface area contributed by atoms with Crippen molar-refractivity contribution in [2.45, 2.75) is 49.2 Å². The second-order valence-electron chi connectivity index (χ2n) is 9.52. The quantitative estimate of drug-likeness (QED) is 0.592. The zero-order chi connectivity index (χ0) is 25.8. The number of nitriles is 1. The fourth-order valence-corrected chi connectivity index (χ4v) is 6.25. The van der Waals surface area contributed by atoms with Crippen molar-refractivity contribution in [3.05, 3.63) is 53.9 Å². The molecule has 1 saturated heterocycles. The fourth-order valence-electron chi connectivity index (χ4n) is 4.98. The summed E-state index contributed by atoms with van der Waals surface area (Å²) in [5.74, 6) is 0.531. The van der Waals surface area contributed by atoms with Gasteiger partial charge in [0.1, 0.15) is 4.90 Å². The molecule has 1 aliphatic heterocycles. The van der Waals surface area contributed by atoms with E-state index in [2.05, 4.69) is 14.6 Å². The van der Waals surface area contributed by atoms with Gasteiger partial charge in [0.25, 0.3) is 0 Å². The molecule has 1 aromatic carbocycles. The van der Waals surface area contributed by atoms with Gasteiger partial charge in [-0.1, -0.05) is 0 Å². The lowest BCUT2D eigenvalue weighted by molar-refractivity contribution is -0.137. The van der Waals surface area contributed by atoms with Crippen LogP contribution in [0.5, 0.6) is 0 Å². The molecule has 0 bridgehead atoms. The summed E-state index contributed by atoms with van der Waals surface area (Å²) in [5.41, 5.74) is -0.342. The first-order valence-corrected chi connectivity index (χ1v) is 13.6. The van der Waals surface area contributed by atoms with Gasteiger partial charge in [0.2, 0.25) is 10.0 Å². The number of benzene rings is 1. The Balaban J connectivity index is 1.21. The number of aromatic nitrogens is 1. The number of pyridine rings is 1. The van der Waals surface area contributed by atoms with E-state index in [1.807, 2.05) is 11.0 Å². The summed E-state index contributed by atoms with van der Waals surface area (Å²) in [4.78, 5) is 8.30. The van der Waals surface area contributed by atoms with E-state index in [0.29, 0.717) is 24.7 Å². The summed E-state index contributed by atoms with van der Waals surface area (Å²) in [6.45, 7) is 3.62. The molecule has 1 aliphatic carbocycles. The highest BCUT2D eigenvalue weighted by molar-refractivity contribution is 7.89. The number of hydrogen-bond donors (Lipinski definition) is 1. The monoisotopic (exact) mass is 521 g/mol. The maximum atomic E-state index is 13.2. The van der Waals surface area contributed by atoms with Crippen LogP contribution < -0.4 is 9.62 Å². The van der Waals surface area contributed by atoms with Crippen LogP contribution in [0.1, 0.15) is 43.2 Å². The molecule has 4 rings (SSSR count). The Kier molecular flexibility index (Phi) is 8.17. The van der Waals surface area contributed by atoms with Crippen LogP contribution in [0.25, 0.3) is 0 Å². The van der Waals surface area contributed by atoms with Crippen LogP contribution in [0.15, 0.2) is 47.6 Å². The van der Waals surface area contributed by atoms with Crippen molar-refractivity contribution in [1.82, 2.24) is 14.6 Å². The van der Waals surface area contributed by atoms with Crippen LogP contribution in [0, 0.1) is 17.2 Å². The normalized spacial score (nSPS) is 21.8. The summed E-state index contributed by atoms with van der Waals surface area (Å²) in [7, 11) is -3.56. The minimum atomic E-state index is -4.49. The minimum absolute atomic E-state index is 0.0144. The standard InChI is InChI=1S/C25H30F3N5O2S/c26-25(27,28)21-14-20(17-29)15-23(16-21)33-12-10-32(11-13-33)9-7-19-3-5-22(6-4-19)31-36(34,35)24-2-1-8-30-18-24/h1-2,8,14-16,18-19,22,31H,3-7,9-13H2/t19-,22-. The number of halogens is 3. The predicted octanol–water partition coefficient (Wildman–Crippen LogP) is 4.02. The number of alkyl halides is 3. The average Bonchev–Trinajstić information content (AvgIpc) is 2.88. The Morgan fingerprint density at radius 3 is 2.42 bits per heavy atom. The second-order valence-corrected chi connectivity index (χ2v) is 11.2. The van der Waals surface area contributed by atoms with Gasteiger partial charge in [-0.3, -0.25) is 9.88 Å². The van der Waals surface area contributed by atoms with Crippen molar-refractivity contribution in [2.75, 3.05) is 37.6 Å². The highest BCUT2D eigenvalue weighted by Gasteiger charge is 2.32. The van der Waals surface area contributed by atoms with Crippen molar-refractivity contribution >= 4 is 15.7 Å². The van der Waals surface area contributed by atoms with Gasteiger partial charge in [-0.15, -0.1) is 0 Å². The molecule has 0 atom stereocenters. The van der Waals surface area contributed by atoms with Crippen LogP contribution in [0.2, 0.25) is 0 Å². The molecule has 0 spiro atoms. The molecule has 2 fully saturated rings. The van der Waals surface area contributed by atoms with E-state index in [9.17, 15) is 21.6 Å². The van der Waals surface area contributed by atoms with Gasteiger partial charge in [-0.2, -0.15) is 18.4 Å². The maximum absolute atomic E-state index is 13.2. The number of piperazine rings is 1. The first-order chi connectivity index (χ1) is 17.1. The number of sulfonamides is 1. The molecule has 0 radical (unpaired) electrons. The van der Waals surface area contributed by atoms with Gasteiger partial charge in [0.15, 0.2) is 0 Å². The molecule has 11 heteroatoms. The first-order valence-electron chi connectivity index (χ1n) is 12.2. The lowest BCUT2D eigenvalue weighted by Gasteiger charge is -2.37. The summed E-state index contributed by atoms with van der Waals surface area (Å²) in [5, 5.41) is 9.13. The van der Waals surface area contributed by atoms with E-state index in [1.165, 1.54) is 18.3 Å². The Bertz CT molecular complexity index is 1170. The molecule has 2 aliphatic rings.